The summed E-state index contributed by atoms with van der Waals surface area (Å²) in [6.07, 6.45) is 3.05. The molecular formula is C19H18N3O4Rh-. The number of oxazole rings is 1. The van der Waals surface area contributed by atoms with E-state index in [1.54, 1.807) is 44.7 Å². The summed E-state index contributed by atoms with van der Waals surface area (Å²) >= 11 is 0. The molecule has 0 spiro atoms. The van der Waals surface area contributed by atoms with Crippen molar-refractivity contribution in [2.45, 2.75) is 6.54 Å². The van der Waals surface area contributed by atoms with Crippen molar-refractivity contribution in [1.29, 1.82) is 0 Å². The summed E-state index contributed by atoms with van der Waals surface area (Å²) in [5.41, 5.74) is 2.18. The molecule has 0 bridgehead atoms. The molecule has 0 aliphatic rings. The number of amides is 1. The van der Waals surface area contributed by atoms with E-state index >= 15 is 0 Å². The molecule has 1 aromatic carbocycles. The van der Waals surface area contributed by atoms with Crippen molar-refractivity contribution in [2.24, 2.45) is 0 Å². The van der Waals surface area contributed by atoms with Crippen LogP contribution in [0.5, 0.6) is 11.5 Å². The third kappa shape index (κ3) is 4.66. The number of carbonyl (C=O) groups is 1. The number of pyridine rings is 1. The minimum Gasteiger partial charge on any atom is -0.493 e. The first-order valence-electron chi connectivity index (χ1n) is 7.84. The van der Waals surface area contributed by atoms with Crippen LogP contribution < -0.4 is 14.8 Å². The molecule has 0 aliphatic heterocycles. The number of hydrogen-bond donors (Lipinski definition) is 1. The van der Waals surface area contributed by atoms with Gasteiger partial charge in [-0.2, -0.15) is 18.6 Å². The Kier molecular flexibility index (Phi) is 6.96. The van der Waals surface area contributed by atoms with Gasteiger partial charge < -0.3 is 24.2 Å². The molecule has 2 aromatic heterocycles. The van der Waals surface area contributed by atoms with Crippen LogP contribution in [-0.4, -0.2) is 30.1 Å². The molecule has 0 unspecified atom stereocenters. The molecule has 0 fully saturated rings. The molecule has 7 nitrogen and oxygen atoms in total. The third-order valence-electron chi connectivity index (χ3n) is 3.72. The van der Waals surface area contributed by atoms with Crippen molar-refractivity contribution in [1.82, 2.24) is 15.3 Å². The van der Waals surface area contributed by atoms with E-state index in [1.807, 2.05) is 6.07 Å². The first-order valence-corrected chi connectivity index (χ1v) is 7.84. The van der Waals surface area contributed by atoms with Gasteiger partial charge in [0.15, 0.2) is 11.5 Å². The van der Waals surface area contributed by atoms with Crippen LogP contribution in [0.15, 0.2) is 47.2 Å². The minimum absolute atomic E-state index is 0. The van der Waals surface area contributed by atoms with Crippen LogP contribution in [0.2, 0.25) is 0 Å². The van der Waals surface area contributed by atoms with Crippen LogP contribution in [0.25, 0.3) is 11.5 Å². The Morgan fingerprint density at radius 2 is 2.00 bits per heavy atom. The SMILES string of the molecule is [CH2-]c1cccnc1C(=O)NCc1coc(-c2ccc(OC)c(OC)c2)n1.[Rh]. The van der Waals surface area contributed by atoms with Crippen molar-refractivity contribution < 1.29 is 38.2 Å². The maximum absolute atomic E-state index is 12.2. The van der Waals surface area contributed by atoms with E-state index in [4.69, 9.17) is 13.9 Å². The van der Waals surface area contributed by atoms with Crippen molar-refractivity contribution in [2.75, 3.05) is 14.2 Å². The third-order valence-corrected chi connectivity index (χ3v) is 3.72. The molecule has 2 heterocycles. The molecule has 0 saturated heterocycles. The van der Waals surface area contributed by atoms with Crippen molar-refractivity contribution in [3.05, 3.63) is 66.7 Å². The average Bonchev–Trinajstić information content (AvgIpc) is 3.15. The number of carbonyl (C=O) groups excluding carboxylic acids is 1. The topological polar surface area (TPSA) is 86.5 Å². The first kappa shape index (κ1) is 20.5. The zero-order valence-corrected chi connectivity index (χ0v) is 16.5. The normalized spacial score (nSPS) is 10.0. The quantitative estimate of drug-likeness (QED) is 0.455. The Morgan fingerprint density at radius 1 is 1.22 bits per heavy atom. The molecule has 1 amide bonds. The summed E-state index contributed by atoms with van der Waals surface area (Å²) in [6, 6.07) is 8.82. The molecule has 1 N–H and O–H groups in total. The van der Waals surface area contributed by atoms with Crippen LogP contribution >= 0.6 is 0 Å². The summed E-state index contributed by atoms with van der Waals surface area (Å²) in [6.45, 7) is 4.01. The van der Waals surface area contributed by atoms with E-state index in [0.29, 0.717) is 28.6 Å². The van der Waals surface area contributed by atoms with Gasteiger partial charge in [0.25, 0.3) is 0 Å². The minimum atomic E-state index is -0.314. The maximum Gasteiger partial charge on any atom is 0.226 e. The second kappa shape index (κ2) is 9.19. The van der Waals surface area contributed by atoms with Crippen molar-refractivity contribution >= 4 is 5.91 Å². The van der Waals surface area contributed by atoms with Crippen LogP contribution in [0, 0.1) is 6.92 Å². The second-order valence-electron chi connectivity index (χ2n) is 5.41. The number of hydrogen-bond acceptors (Lipinski definition) is 6. The molecule has 3 rings (SSSR count). The fourth-order valence-corrected chi connectivity index (χ4v) is 2.39. The molecule has 1 radical (unpaired) electrons. The fourth-order valence-electron chi connectivity index (χ4n) is 2.39. The van der Waals surface area contributed by atoms with Gasteiger partial charge in [0.2, 0.25) is 11.8 Å². The Morgan fingerprint density at radius 3 is 2.70 bits per heavy atom. The number of benzene rings is 1. The van der Waals surface area contributed by atoms with Gasteiger partial charge in [-0.1, -0.05) is 0 Å². The molecule has 0 saturated carbocycles. The van der Waals surface area contributed by atoms with E-state index in [-0.39, 0.29) is 37.6 Å². The maximum atomic E-state index is 12.2. The predicted octanol–water partition coefficient (Wildman–Crippen LogP) is 2.86. The van der Waals surface area contributed by atoms with Gasteiger partial charge in [0, 0.05) is 36.9 Å². The summed E-state index contributed by atoms with van der Waals surface area (Å²) in [4.78, 5) is 20.6. The van der Waals surface area contributed by atoms with E-state index < -0.39 is 0 Å². The largest absolute Gasteiger partial charge is 0.493 e. The van der Waals surface area contributed by atoms with Crippen LogP contribution in [0.3, 0.4) is 0 Å². The fraction of sp³-hybridized carbons (Fsp3) is 0.158. The van der Waals surface area contributed by atoms with Gasteiger partial charge >= 0.3 is 0 Å². The first-order chi connectivity index (χ1) is 12.6. The smallest absolute Gasteiger partial charge is 0.226 e. The molecular weight excluding hydrogens is 437 g/mol. The Hall–Kier alpha value is -2.86. The van der Waals surface area contributed by atoms with Crippen molar-refractivity contribution in [3.8, 4) is 23.0 Å². The molecule has 8 heteroatoms. The van der Waals surface area contributed by atoms with E-state index in [9.17, 15) is 4.79 Å². The zero-order chi connectivity index (χ0) is 18.5. The number of rotatable bonds is 6. The van der Waals surface area contributed by atoms with E-state index in [0.717, 1.165) is 5.56 Å². The Labute approximate surface area is 169 Å². The van der Waals surface area contributed by atoms with Gasteiger partial charge in [-0.15, -0.1) is 6.07 Å². The molecule has 143 valence electrons. The molecule has 0 atom stereocenters. The zero-order valence-electron chi connectivity index (χ0n) is 14.8. The van der Waals surface area contributed by atoms with Gasteiger partial charge in [-0.05, 0) is 18.2 Å². The van der Waals surface area contributed by atoms with Crippen molar-refractivity contribution in [3.63, 3.8) is 0 Å². The number of nitrogens with zero attached hydrogens (tertiary/aromatic N) is 2. The van der Waals surface area contributed by atoms with Gasteiger partial charge in [0.05, 0.1) is 26.5 Å². The summed E-state index contributed by atoms with van der Waals surface area (Å²) in [5.74, 6) is 1.31. The Balaban J connectivity index is 0.00000261. The van der Waals surface area contributed by atoms with Gasteiger partial charge in [-0.25, -0.2) is 4.98 Å². The summed E-state index contributed by atoms with van der Waals surface area (Å²) in [7, 11) is 3.13. The van der Waals surface area contributed by atoms with Gasteiger partial charge in [-0.3, -0.25) is 4.79 Å². The van der Waals surface area contributed by atoms with E-state index in [2.05, 4.69) is 22.2 Å². The average molecular weight is 455 g/mol. The predicted molar refractivity (Wildman–Crippen MR) is 94.9 cm³/mol. The molecule has 3 aromatic rings. The molecule has 27 heavy (non-hydrogen) atoms. The van der Waals surface area contributed by atoms with Gasteiger partial charge in [0.1, 0.15) is 6.26 Å². The summed E-state index contributed by atoms with van der Waals surface area (Å²) < 4.78 is 16.0. The standard InChI is InChI=1S/C19H18N3O4.Rh/c1-12-5-4-8-20-17(12)18(23)21-10-14-11-26-19(22-14)13-6-7-15(24-2)16(9-13)25-3;/h4-9,11H,1,10H2,2-3H3,(H,21,23);/q-1;. The molecule has 0 aliphatic carbocycles. The summed E-state index contributed by atoms with van der Waals surface area (Å²) in [5, 5.41) is 2.75. The van der Waals surface area contributed by atoms with Crippen LogP contribution in [-0.2, 0) is 26.0 Å². The van der Waals surface area contributed by atoms with Crippen LogP contribution in [0.1, 0.15) is 21.7 Å². The number of ether oxygens (including phenoxy) is 2. The number of nitrogens with one attached hydrogen (secondary N) is 1. The van der Waals surface area contributed by atoms with Crippen LogP contribution in [0.4, 0.5) is 0 Å². The monoisotopic (exact) mass is 455 g/mol. The second-order valence-corrected chi connectivity index (χ2v) is 5.41. The number of methoxy groups -OCH3 is 2. The Bertz CT molecular complexity index is 927. The number of aromatic nitrogens is 2. The van der Waals surface area contributed by atoms with E-state index in [1.165, 1.54) is 6.26 Å².